The monoisotopic (exact) mass is 621 g/mol. The Kier molecular flexibility index (Phi) is 14.1. The van der Waals surface area contributed by atoms with Gasteiger partial charge in [-0.3, -0.25) is 0 Å². The summed E-state index contributed by atoms with van der Waals surface area (Å²) >= 11 is -1.51. The van der Waals surface area contributed by atoms with E-state index in [9.17, 15) is 8.66 Å². The second-order valence-corrected chi connectivity index (χ2v) is 22.7. The average molecular weight is 622 g/mol. The van der Waals surface area contributed by atoms with Crippen molar-refractivity contribution in [3.05, 3.63) is 29.8 Å². The molecule has 1 aromatic carbocycles. The molecular weight excluding hydrogens is 567 g/mol. The predicted molar refractivity (Wildman–Crippen MR) is 161 cm³/mol. The molecule has 0 saturated carbocycles. The topological polar surface area (TPSA) is 61.8 Å². The molecule has 0 spiro atoms. The van der Waals surface area contributed by atoms with Crippen molar-refractivity contribution in [3.63, 3.8) is 0 Å². The summed E-state index contributed by atoms with van der Waals surface area (Å²) in [5.41, 5.74) is 0.501. The van der Waals surface area contributed by atoms with Crippen LogP contribution in [0.15, 0.2) is 24.3 Å². The zero-order chi connectivity index (χ0) is 28.1. The number of hydrogen-bond acceptors (Lipinski definition) is 5. The van der Waals surface area contributed by atoms with Gasteiger partial charge in [0.25, 0.3) is 0 Å². The first kappa shape index (κ1) is 32.9. The van der Waals surface area contributed by atoms with Gasteiger partial charge in [0, 0.05) is 0 Å². The number of carbonyl (C=O) groups is 1. The van der Waals surface area contributed by atoms with Gasteiger partial charge in [0.05, 0.1) is 0 Å². The summed E-state index contributed by atoms with van der Waals surface area (Å²) in [6.45, 7) is 9.57. The van der Waals surface area contributed by atoms with Gasteiger partial charge in [-0.25, -0.2) is 0 Å². The Balaban J connectivity index is 1.44. The summed E-state index contributed by atoms with van der Waals surface area (Å²) < 4.78 is 32.7. The standard InChI is InChI=1S/C19H29O3Si.C12H25OSi.Co.O/c1-17-11-6-3-4-9-15-23(2,22-17)16-10-14-21-19(20)18-12-7-5-8-13-18;1-4-10-14(3)11-8-6-5-7-9-12(2)13-14;;/h5,7,12-13,17H,3-4,6,9-11,14-16H2,1-2H3;12H,1,4-11H2,2-3H3;;. The molecular formula is C31H54CoO5Si2. The van der Waals surface area contributed by atoms with Gasteiger partial charge in [-0.15, -0.1) is 0 Å². The number of benzene rings is 1. The fourth-order valence-corrected chi connectivity index (χ4v) is 14.9. The molecule has 5 nitrogen and oxygen atoms in total. The first-order valence-corrected chi connectivity index (χ1v) is 22.9. The molecule has 2 aliphatic rings. The molecule has 1 aromatic rings. The van der Waals surface area contributed by atoms with Crippen molar-refractivity contribution in [2.45, 2.75) is 146 Å². The van der Waals surface area contributed by atoms with E-state index in [1.807, 2.05) is 12.1 Å². The molecule has 8 heteroatoms. The second kappa shape index (κ2) is 16.7. The Morgan fingerprint density at radius 2 is 1.44 bits per heavy atom. The van der Waals surface area contributed by atoms with Gasteiger partial charge in [0.1, 0.15) is 0 Å². The predicted octanol–water partition coefficient (Wildman–Crippen LogP) is 8.52. The van der Waals surface area contributed by atoms with E-state index in [0.29, 0.717) is 29.7 Å². The van der Waals surface area contributed by atoms with Crippen molar-refractivity contribution in [1.82, 2.24) is 0 Å². The summed E-state index contributed by atoms with van der Waals surface area (Å²) in [6, 6.07) is 11.8. The fraction of sp³-hybridized carbons (Fsp3) is 0.774. The van der Waals surface area contributed by atoms with Crippen LogP contribution in [0.5, 0.6) is 0 Å². The molecule has 0 bridgehead atoms. The van der Waals surface area contributed by atoms with E-state index in [0.717, 1.165) is 42.3 Å². The van der Waals surface area contributed by atoms with E-state index in [1.54, 1.807) is 12.1 Å². The summed E-state index contributed by atoms with van der Waals surface area (Å²) in [4.78, 5) is 12.8. The van der Waals surface area contributed by atoms with Gasteiger partial charge in [0.15, 0.2) is 0 Å². The van der Waals surface area contributed by atoms with Crippen molar-refractivity contribution < 1.29 is 35.8 Å². The van der Waals surface area contributed by atoms with Gasteiger partial charge in [-0.2, -0.15) is 0 Å². The Morgan fingerprint density at radius 3 is 2.05 bits per heavy atom. The van der Waals surface area contributed by atoms with Crippen LogP contribution in [0, 0.1) is 0 Å². The molecule has 3 rings (SSSR count). The Bertz CT molecular complexity index is 915. The molecule has 4 atom stereocenters. The average Bonchev–Trinajstić information content (AvgIpc) is 3.03. The third-order valence-electron chi connectivity index (χ3n) is 8.42. The molecule has 2 saturated heterocycles. The molecule has 2 heterocycles. The molecule has 4 unspecified atom stereocenters. The van der Waals surface area contributed by atoms with Crippen molar-refractivity contribution in [2.24, 2.45) is 0 Å². The summed E-state index contributed by atoms with van der Waals surface area (Å²) in [5, 5.41) is 0.646. The van der Waals surface area contributed by atoms with Crippen LogP contribution in [0.1, 0.15) is 101 Å². The fourth-order valence-electron chi connectivity index (χ4n) is 6.19. The molecule has 2 aliphatic heterocycles. The molecule has 0 radical (unpaired) electrons. The molecule has 39 heavy (non-hydrogen) atoms. The van der Waals surface area contributed by atoms with E-state index in [-0.39, 0.29) is 5.97 Å². The quantitative estimate of drug-likeness (QED) is 0.149. The number of esters is 1. The van der Waals surface area contributed by atoms with Gasteiger partial charge in [0.2, 0.25) is 0 Å². The van der Waals surface area contributed by atoms with E-state index < -0.39 is 30.2 Å². The van der Waals surface area contributed by atoms with Crippen LogP contribution in [0.4, 0.5) is 0 Å². The van der Waals surface area contributed by atoms with Crippen LogP contribution in [-0.2, 0) is 31.0 Å². The first-order valence-electron chi connectivity index (χ1n) is 15.6. The van der Waals surface area contributed by atoms with E-state index in [4.69, 9.17) is 13.6 Å². The maximum atomic E-state index is 13.1. The SMILES string of the molecule is CC1CCCCCC[Si](C)(CCCOC(=O)c2ccc[c]([Co](=[O])[CH2]CC[Si]3(C)CCCCCCC(C)O3)c2)O1. The third kappa shape index (κ3) is 12.0. The Labute approximate surface area is 244 Å². The van der Waals surface area contributed by atoms with Crippen LogP contribution in [-0.4, -0.2) is 41.4 Å². The Hall–Kier alpha value is -0.650. The van der Waals surface area contributed by atoms with E-state index >= 15 is 0 Å². The molecule has 0 aliphatic carbocycles. The number of rotatable bonds is 10. The minimum absolute atomic E-state index is 0.316. The zero-order valence-electron chi connectivity index (χ0n) is 25.1. The first-order chi connectivity index (χ1) is 18.7. The van der Waals surface area contributed by atoms with Crippen LogP contribution in [0.3, 0.4) is 0 Å². The molecule has 2 fully saturated rings. The molecule has 225 valence electrons. The third-order valence-corrected chi connectivity index (χ3v) is 17.8. The van der Waals surface area contributed by atoms with Crippen molar-refractivity contribution in [3.8, 4) is 0 Å². The van der Waals surface area contributed by atoms with Crippen molar-refractivity contribution in [1.29, 1.82) is 0 Å². The van der Waals surface area contributed by atoms with Crippen LogP contribution in [0.25, 0.3) is 0 Å². The van der Waals surface area contributed by atoms with Gasteiger partial charge in [-0.05, 0) is 0 Å². The van der Waals surface area contributed by atoms with Gasteiger partial charge in [-0.1, -0.05) is 12.8 Å². The summed E-state index contributed by atoms with van der Waals surface area (Å²) in [7, 11) is -3.54. The van der Waals surface area contributed by atoms with Gasteiger partial charge < -0.3 is 0 Å². The number of hydrogen-bond donors (Lipinski definition) is 0. The van der Waals surface area contributed by atoms with Crippen LogP contribution in [0.2, 0.25) is 42.6 Å². The summed E-state index contributed by atoms with van der Waals surface area (Å²) in [5.74, 6) is -0.316. The van der Waals surface area contributed by atoms with Crippen molar-refractivity contribution >= 4 is 27.1 Å². The van der Waals surface area contributed by atoms with Crippen LogP contribution < -0.4 is 4.50 Å². The summed E-state index contributed by atoms with van der Waals surface area (Å²) in [6.07, 6.45) is 15.1. The second-order valence-electron chi connectivity index (χ2n) is 12.4. The molecule has 0 amide bonds. The van der Waals surface area contributed by atoms with Crippen molar-refractivity contribution in [2.75, 3.05) is 6.61 Å². The van der Waals surface area contributed by atoms with E-state index in [2.05, 4.69) is 26.9 Å². The number of ether oxygens (including phenoxy) is 1. The number of carbonyl (C=O) groups excluding carboxylic acids is 1. The zero-order valence-corrected chi connectivity index (χ0v) is 28.1. The maximum absolute atomic E-state index is 13.1. The van der Waals surface area contributed by atoms with Crippen LogP contribution >= 0.6 is 0 Å². The molecule has 0 N–H and O–H groups in total. The van der Waals surface area contributed by atoms with E-state index in [1.165, 1.54) is 63.5 Å². The minimum atomic E-state index is -1.77. The van der Waals surface area contributed by atoms with Gasteiger partial charge >= 0.3 is 232 Å². The normalized spacial score (nSPS) is 29.6. The molecule has 0 aromatic heterocycles. The Morgan fingerprint density at radius 1 is 0.872 bits per heavy atom.